The molecule has 5 heteroatoms. The molecule has 0 radical (unpaired) electrons. The van der Waals surface area contributed by atoms with E-state index >= 15 is 0 Å². The maximum Gasteiger partial charge on any atom is 0.150 e. The zero-order valence-electron chi connectivity index (χ0n) is 8.81. The second kappa shape index (κ2) is 4.22. The van der Waals surface area contributed by atoms with Crippen molar-refractivity contribution in [3.05, 3.63) is 36.2 Å². The molecule has 2 heterocycles. The fourth-order valence-corrected chi connectivity index (χ4v) is 1.57. The average Bonchev–Trinajstić information content (AvgIpc) is 2.29. The van der Waals surface area contributed by atoms with E-state index in [0.29, 0.717) is 23.5 Å². The van der Waals surface area contributed by atoms with Crippen LogP contribution >= 0.6 is 0 Å². The van der Waals surface area contributed by atoms with Crippen molar-refractivity contribution in [1.82, 2.24) is 15.0 Å². The number of aromatic nitrogens is 3. The molecule has 0 amide bonds. The van der Waals surface area contributed by atoms with Crippen molar-refractivity contribution in [3.63, 3.8) is 0 Å². The van der Waals surface area contributed by atoms with Crippen LogP contribution in [0.3, 0.4) is 0 Å². The number of anilines is 1. The monoisotopic (exact) mass is 218 g/mol. The Morgan fingerprint density at radius 3 is 2.88 bits per heavy atom. The first kappa shape index (κ1) is 10.5. The molecule has 0 aliphatic rings. The molecule has 0 bridgehead atoms. The van der Waals surface area contributed by atoms with E-state index in [2.05, 4.69) is 15.0 Å². The van der Waals surface area contributed by atoms with Crippen molar-refractivity contribution in [1.29, 1.82) is 0 Å². The third-order valence-electron chi connectivity index (χ3n) is 2.36. The van der Waals surface area contributed by atoms with Crippen LogP contribution in [0.1, 0.15) is 12.5 Å². The lowest BCUT2D eigenvalue weighted by atomic mass is 10.1. The van der Waals surface area contributed by atoms with Gasteiger partial charge in [-0.25, -0.2) is 14.4 Å². The lowest BCUT2D eigenvalue weighted by Crippen LogP contribution is -2.02. The van der Waals surface area contributed by atoms with E-state index in [1.54, 1.807) is 6.07 Å². The molecule has 0 fully saturated rings. The Hall–Kier alpha value is -2.04. The second-order valence-electron chi connectivity index (χ2n) is 3.30. The van der Waals surface area contributed by atoms with E-state index in [0.717, 1.165) is 11.8 Å². The highest BCUT2D eigenvalue weighted by Gasteiger charge is 2.12. The highest BCUT2D eigenvalue weighted by molar-refractivity contribution is 5.67. The lowest BCUT2D eigenvalue weighted by Gasteiger charge is -2.08. The first-order valence-electron chi connectivity index (χ1n) is 4.93. The molecule has 0 aliphatic heterocycles. The summed E-state index contributed by atoms with van der Waals surface area (Å²) < 4.78 is 13.6. The van der Waals surface area contributed by atoms with Gasteiger partial charge in [0.25, 0.3) is 0 Å². The predicted molar refractivity (Wildman–Crippen MR) is 59.0 cm³/mol. The smallest absolute Gasteiger partial charge is 0.150 e. The van der Waals surface area contributed by atoms with Gasteiger partial charge >= 0.3 is 0 Å². The summed E-state index contributed by atoms with van der Waals surface area (Å²) in [7, 11) is 0. The molecule has 0 atom stereocenters. The first-order valence-corrected chi connectivity index (χ1v) is 4.93. The van der Waals surface area contributed by atoms with Gasteiger partial charge in [-0.05, 0) is 12.5 Å². The predicted octanol–water partition coefficient (Wildman–Crippen LogP) is 1.82. The van der Waals surface area contributed by atoms with Crippen LogP contribution < -0.4 is 5.73 Å². The maximum atomic E-state index is 13.6. The van der Waals surface area contributed by atoms with Gasteiger partial charge in [0.15, 0.2) is 5.82 Å². The molecule has 2 rings (SSSR count). The SMILES string of the molecule is CCc1c(N)ncnc1-c1ccncc1F. The van der Waals surface area contributed by atoms with Gasteiger partial charge in [-0.1, -0.05) is 6.92 Å². The zero-order valence-corrected chi connectivity index (χ0v) is 8.81. The quantitative estimate of drug-likeness (QED) is 0.835. The van der Waals surface area contributed by atoms with Crippen LogP contribution in [0.4, 0.5) is 10.2 Å². The minimum Gasteiger partial charge on any atom is -0.383 e. The van der Waals surface area contributed by atoms with Crippen LogP contribution in [0, 0.1) is 5.82 Å². The summed E-state index contributed by atoms with van der Waals surface area (Å²) in [5.74, 6) is -0.0148. The third kappa shape index (κ3) is 1.71. The van der Waals surface area contributed by atoms with E-state index in [4.69, 9.17) is 5.73 Å². The molecule has 16 heavy (non-hydrogen) atoms. The molecule has 4 nitrogen and oxygen atoms in total. The Morgan fingerprint density at radius 1 is 1.38 bits per heavy atom. The summed E-state index contributed by atoms with van der Waals surface area (Å²) in [5.41, 5.74) is 7.43. The highest BCUT2D eigenvalue weighted by atomic mass is 19.1. The van der Waals surface area contributed by atoms with Gasteiger partial charge in [-0.2, -0.15) is 0 Å². The summed E-state index contributed by atoms with van der Waals surface area (Å²) in [6.07, 6.45) is 4.68. The molecule has 0 saturated heterocycles. The fraction of sp³-hybridized carbons (Fsp3) is 0.182. The number of hydrogen-bond donors (Lipinski definition) is 1. The molecule has 0 aromatic carbocycles. The Balaban J connectivity index is 2.65. The maximum absolute atomic E-state index is 13.6. The summed E-state index contributed by atoms with van der Waals surface area (Å²) in [6.45, 7) is 1.93. The summed E-state index contributed by atoms with van der Waals surface area (Å²) in [5, 5.41) is 0. The third-order valence-corrected chi connectivity index (χ3v) is 2.36. The van der Waals surface area contributed by atoms with Crippen LogP contribution in [0.5, 0.6) is 0 Å². The second-order valence-corrected chi connectivity index (χ2v) is 3.30. The molecule has 0 saturated carbocycles. The largest absolute Gasteiger partial charge is 0.383 e. The summed E-state index contributed by atoms with van der Waals surface area (Å²) in [6, 6.07) is 1.58. The summed E-state index contributed by atoms with van der Waals surface area (Å²) in [4.78, 5) is 11.7. The van der Waals surface area contributed by atoms with E-state index < -0.39 is 5.82 Å². The summed E-state index contributed by atoms with van der Waals surface area (Å²) >= 11 is 0. The Labute approximate surface area is 92.4 Å². The minimum atomic E-state index is -0.407. The normalized spacial score (nSPS) is 10.4. The average molecular weight is 218 g/mol. The van der Waals surface area contributed by atoms with Gasteiger partial charge in [0, 0.05) is 17.3 Å². The van der Waals surface area contributed by atoms with Crippen molar-refractivity contribution >= 4 is 5.82 Å². The fourth-order valence-electron chi connectivity index (χ4n) is 1.57. The molecular formula is C11H11FN4. The van der Waals surface area contributed by atoms with E-state index in [-0.39, 0.29) is 0 Å². The first-order chi connectivity index (χ1) is 7.74. The van der Waals surface area contributed by atoms with Gasteiger partial charge in [-0.3, -0.25) is 4.98 Å². The molecule has 0 aliphatic carbocycles. The van der Waals surface area contributed by atoms with Crippen molar-refractivity contribution in [2.45, 2.75) is 13.3 Å². The molecule has 0 unspecified atom stereocenters. The Morgan fingerprint density at radius 2 is 2.19 bits per heavy atom. The van der Waals surface area contributed by atoms with Gasteiger partial charge in [0.1, 0.15) is 12.1 Å². The number of nitrogens with zero attached hydrogens (tertiary/aromatic N) is 3. The van der Waals surface area contributed by atoms with Gasteiger partial charge < -0.3 is 5.73 Å². The molecule has 2 aromatic heterocycles. The zero-order chi connectivity index (χ0) is 11.5. The highest BCUT2D eigenvalue weighted by Crippen LogP contribution is 2.25. The number of nitrogens with two attached hydrogens (primary N) is 1. The van der Waals surface area contributed by atoms with Crippen molar-refractivity contribution in [2.75, 3.05) is 5.73 Å². The van der Waals surface area contributed by atoms with E-state index in [9.17, 15) is 4.39 Å². The topological polar surface area (TPSA) is 64.7 Å². The Bertz CT molecular complexity index is 513. The van der Waals surface area contributed by atoms with Gasteiger partial charge in [0.2, 0.25) is 0 Å². The molecule has 82 valence electrons. The van der Waals surface area contributed by atoms with E-state index in [1.165, 1.54) is 12.5 Å². The molecule has 0 spiro atoms. The van der Waals surface area contributed by atoms with Crippen molar-refractivity contribution in [2.24, 2.45) is 0 Å². The molecular weight excluding hydrogens is 207 g/mol. The van der Waals surface area contributed by atoms with Crippen LogP contribution in [0.25, 0.3) is 11.3 Å². The number of hydrogen-bond acceptors (Lipinski definition) is 4. The number of pyridine rings is 1. The minimum absolute atomic E-state index is 0.392. The molecule has 2 N–H and O–H groups in total. The molecule has 2 aromatic rings. The van der Waals surface area contributed by atoms with Crippen LogP contribution in [-0.2, 0) is 6.42 Å². The standard InChI is InChI=1S/C11H11FN4/c1-2-7-10(15-6-16-11(7)13)8-3-4-14-5-9(8)12/h3-6H,2H2,1H3,(H2,13,15,16). The van der Waals surface area contributed by atoms with Crippen LogP contribution in [0.15, 0.2) is 24.8 Å². The number of halogens is 1. The van der Waals surface area contributed by atoms with Crippen molar-refractivity contribution < 1.29 is 4.39 Å². The number of nitrogen functional groups attached to an aromatic ring is 1. The van der Waals surface area contributed by atoms with Crippen LogP contribution in [0.2, 0.25) is 0 Å². The van der Waals surface area contributed by atoms with Gasteiger partial charge in [-0.15, -0.1) is 0 Å². The van der Waals surface area contributed by atoms with E-state index in [1.807, 2.05) is 6.92 Å². The lowest BCUT2D eigenvalue weighted by molar-refractivity contribution is 0.624. The van der Waals surface area contributed by atoms with Crippen LogP contribution in [-0.4, -0.2) is 15.0 Å². The van der Waals surface area contributed by atoms with Crippen molar-refractivity contribution in [3.8, 4) is 11.3 Å². The van der Waals surface area contributed by atoms with Gasteiger partial charge in [0.05, 0.1) is 11.9 Å². The number of rotatable bonds is 2. The Kier molecular flexibility index (Phi) is 2.76.